The van der Waals surface area contributed by atoms with Gasteiger partial charge in [0.15, 0.2) is 0 Å². The minimum Gasteiger partial charge on any atom is -0.489 e. The van der Waals surface area contributed by atoms with E-state index in [1.807, 2.05) is 25.1 Å². The number of amides is 1. The molecule has 0 radical (unpaired) electrons. The molecule has 1 fully saturated rings. The van der Waals surface area contributed by atoms with Crippen molar-refractivity contribution in [3.8, 4) is 5.75 Å². The monoisotopic (exact) mass is 367 g/mol. The first-order valence-corrected chi connectivity index (χ1v) is 9.80. The summed E-state index contributed by atoms with van der Waals surface area (Å²) >= 11 is 0. The number of carbonyl (C=O) groups excluding carboxylic acids is 1. The molecule has 2 aromatic carbocycles. The van der Waals surface area contributed by atoms with E-state index in [4.69, 9.17) is 9.47 Å². The fourth-order valence-corrected chi connectivity index (χ4v) is 3.23. The fourth-order valence-electron chi connectivity index (χ4n) is 3.23. The lowest BCUT2D eigenvalue weighted by molar-refractivity contribution is -0.116. The van der Waals surface area contributed by atoms with Gasteiger partial charge in [0.25, 0.3) is 0 Å². The molecular formula is C23H29NO3. The van der Waals surface area contributed by atoms with Crippen LogP contribution < -0.4 is 10.1 Å². The standard InChI is InChI=1S/C23H29NO3/c1-17-8-11-19(12-9-17)5-3-7-23(25)24-21-13-10-18(2)15-22(21)27-16-20-6-4-14-26-20/h8-13,15,20H,3-7,14,16H2,1-2H3,(H,24,25). The van der Waals surface area contributed by atoms with Crippen LogP contribution in [0.1, 0.15) is 42.4 Å². The first-order chi connectivity index (χ1) is 13.1. The van der Waals surface area contributed by atoms with Crippen LogP contribution in [0.2, 0.25) is 0 Å². The molecular weight excluding hydrogens is 338 g/mol. The van der Waals surface area contributed by atoms with Gasteiger partial charge in [-0.1, -0.05) is 35.9 Å². The van der Waals surface area contributed by atoms with E-state index in [1.165, 1.54) is 11.1 Å². The maximum atomic E-state index is 12.4. The zero-order chi connectivity index (χ0) is 19.1. The summed E-state index contributed by atoms with van der Waals surface area (Å²) in [6.45, 7) is 5.44. The molecule has 0 spiro atoms. The van der Waals surface area contributed by atoms with Crippen LogP contribution >= 0.6 is 0 Å². The van der Waals surface area contributed by atoms with Crippen molar-refractivity contribution in [2.45, 2.75) is 52.1 Å². The molecule has 1 aliphatic rings. The quantitative estimate of drug-likeness (QED) is 0.727. The predicted octanol–water partition coefficient (Wildman–Crippen LogP) is 4.82. The third-order valence-corrected chi connectivity index (χ3v) is 4.85. The second kappa shape index (κ2) is 9.56. The van der Waals surface area contributed by atoms with Crippen LogP contribution in [0.4, 0.5) is 5.69 Å². The van der Waals surface area contributed by atoms with E-state index in [2.05, 4.69) is 36.5 Å². The van der Waals surface area contributed by atoms with E-state index in [0.29, 0.717) is 13.0 Å². The molecule has 1 N–H and O–H groups in total. The Morgan fingerprint density at radius 3 is 2.67 bits per heavy atom. The molecule has 0 saturated carbocycles. The highest BCUT2D eigenvalue weighted by Crippen LogP contribution is 2.27. The zero-order valence-corrected chi connectivity index (χ0v) is 16.3. The minimum atomic E-state index is 0.0212. The maximum Gasteiger partial charge on any atom is 0.224 e. The Balaban J connectivity index is 1.50. The van der Waals surface area contributed by atoms with Crippen molar-refractivity contribution in [1.29, 1.82) is 0 Å². The van der Waals surface area contributed by atoms with Crippen LogP contribution in [0.3, 0.4) is 0 Å². The van der Waals surface area contributed by atoms with Crippen LogP contribution in [0.15, 0.2) is 42.5 Å². The number of rotatable bonds is 8. The molecule has 1 unspecified atom stereocenters. The first-order valence-electron chi connectivity index (χ1n) is 9.80. The molecule has 1 aliphatic heterocycles. The molecule has 0 aromatic heterocycles. The van der Waals surface area contributed by atoms with Gasteiger partial charge >= 0.3 is 0 Å². The van der Waals surface area contributed by atoms with E-state index in [9.17, 15) is 4.79 Å². The van der Waals surface area contributed by atoms with Crippen molar-refractivity contribution in [3.63, 3.8) is 0 Å². The summed E-state index contributed by atoms with van der Waals surface area (Å²) in [6, 6.07) is 14.4. The van der Waals surface area contributed by atoms with Gasteiger partial charge in [0, 0.05) is 13.0 Å². The highest BCUT2D eigenvalue weighted by molar-refractivity contribution is 5.92. The number of carbonyl (C=O) groups is 1. The van der Waals surface area contributed by atoms with Gasteiger partial charge in [-0.15, -0.1) is 0 Å². The van der Waals surface area contributed by atoms with E-state index < -0.39 is 0 Å². The molecule has 1 heterocycles. The first kappa shape index (κ1) is 19.4. The molecule has 1 amide bonds. The molecule has 0 aliphatic carbocycles. The van der Waals surface area contributed by atoms with Gasteiger partial charge in [0.2, 0.25) is 5.91 Å². The number of anilines is 1. The molecule has 3 rings (SSSR count). The Kier molecular flexibility index (Phi) is 6.88. The molecule has 144 valence electrons. The summed E-state index contributed by atoms with van der Waals surface area (Å²) in [5.74, 6) is 0.741. The van der Waals surface area contributed by atoms with E-state index in [1.54, 1.807) is 0 Å². The van der Waals surface area contributed by atoms with Crippen molar-refractivity contribution < 1.29 is 14.3 Å². The number of benzene rings is 2. The number of hydrogen-bond donors (Lipinski definition) is 1. The highest BCUT2D eigenvalue weighted by atomic mass is 16.5. The minimum absolute atomic E-state index is 0.0212. The average Bonchev–Trinajstić information content (AvgIpc) is 3.17. The third-order valence-electron chi connectivity index (χ3n) is 4.85. The van der Waals surface area contributed by atoms with Crippen molar-refractivity contribution >= 4 is 11.6 Å². The van der Waals surface area contributed by atoms with Gasteiger partial charge in [-0.05, 0) is 62.8 Å². The fraction of sp³-hybridized carbons (Fsp3) is 0.435. The van der Waals surface area contributed by atoms with Crippen LogP contribution in [-0.4, -0.2) is 25.2 Å². The highest BCUT2D eigenvalue weighted by Gasteiger charge is 2.17. The molecule has 4 heteroatoms. The maximum absolute atomic E-state index is 12.4. The van der Waals surface area contributed by atoms with Crippen LogP contribution in [0.25, 0.3) is 0 Å². The molecule has 27 heavy (non-hydrogen) atoms. The number of ether oxygens (including phenoxy) is 2. The lowest BCUT2D eigenvalue weighted by atomic mass is 10.1. The smallest absolute Gasteiger partial charge is 0.224 e. The van der Waals surface area contributed by atoms with Crippen LogP contribution in [0.5, 0.6) is 5.75 Å². The summed E-state index contributed by atoms with van der Waals surface area (Å²) in [7, 11) is 0. The van der Waals surface area contributed by atoms with Crippen molar-refractivity contribution in [3.05, 3.63) is 59.2 Å². The second-order valence-electron chi connectivity index (χ2n) is 7.33. The van der Waals surface area contributed by atoms with Crippen molar-refractivity contribution in [1.82, 2.24) is 0 Å². The lowest BCUT2D eigenvalue weighted by Gasteiger charge is -2.16. The van der Waals surface area contributed by atoms with E-state index >= 15 is 0 Å². The Hall–Kier alpha value is -2.33. The Bertz CT molecular complexity index is 749. The normalized spacial score (nSPS) is 16.3. The van der Waals surface area contributed by atoms with E-state index in [-0.39, 0.29) is 12.0 Å². The third kappa shape index (κ3) is 6.10. The molecule has 1 atom stereocenters. The molecule has 4 nitrogen and oxygen atoms in total. The lowest BCUT2D eigenvalue weighted by Crippen LogP contribution is -2.18. The van der Waals surface area contributed by atoms with Gasteiger partial charge in [-0.25, -0.2) is 0 Å². The predicted molar refractivity (Wildman–Crippen MR) is 108 cm³/mol. The Morgan fingerprint density at radius 2 is 1.93 bits per heavy atom. The summed E-state index contributed by atoms with van der Waals surface area (Å²) in [5.41, 5.74) is 4.37. The topological polar surface area (TPSA) is 47.6 Å². The van der Waals surface area contributed by atoms with Gasteiger partial charge < -0.3 is 14.8 Å². The number of hydrogen-bond acceptors (Lipinski definition) is 3. The second-order valence-corrected chi connectivity index (χ2v) is 7.33. The molecule has 1 saturated heterocycles. The Morgan fingerprint density at radius 1 is 1.15 bits per heavy atom. The number of aryl methyl sites for hydroxylation is 3. The van der Waals surface area contributed by atoms with Gasteiger partial charge in [0.1, 0.15) is 12.4 Å². The van der Waals surface area contributed by atoms with Crippen LogP contribution in [0, 0.1) is 13.8 Å². The van der Waals surface area contributed by atoms with Gasteiger partial charge in [-0.3, -0.25) is 4.79 Å². The van der Waals surface area contributed by atoms with Crippen molar-refractivity contribution in [2.24, 2.45) is 0 Å². The zero-order valence-electron chi connectivity index (χ0n) is 16.3. The molecule has 0 bridgehead atoms. The molecule has 2 aromatic rings. The summed E-state index contributed by atoms with van der Waals surface area (Å²) in [5, 5.41) is 3.00. The van der Waals surface area contributed by atoms with Crippen LogP contribution in [-0.2, 0) is 16.0 Å². The van der Waals surface area contributed by atoms with E-state index in [0.717, 1.165) is 49.3 Å². The number of nitrogens with one attached hydrogen (secondary N) is 1. The SMILES string of the molecule is Cc1ccc(CCCC(=O)Nc2ccc(C)cc2OCC2CCCO2)cc1. The summed E-state index contributed by atoms with van der Waals surface area (Å²) in [6.07, 6.45) is 4.51. The largest absolute Gasteiger partial charge is 0.489 e. The van der Waals surface area contributed by atoms with Gasteiger partial charge in [0.05, 0.1) is 11.8 Å². The summed E-state index contributed by atoms with van der Waals surface area (Å²) < 4.78 is 11.6. The van der Waals surface area contributed by atoms with Crippen molar-refractivity contribution in [2.75, 3.05) is 18.5 Å². The Labute approximate surface area is 161 Å². The van der Waals surface area contributed by atoms with Gasteiger partial charge in [-0.2, -0.15) is 0 Å². The average molecular weight is 367 g/mol. The summed E-state index contributed by atoms with van der Waals surface area (Å²) in [4.78, 5) is 12.4.